The molecule has 5 rings (SSSR count). The van der Waals surface area contributed by atoms with Crippen LogP contribution in [-0.4, -0.2) is 31.8 Å². The molecule has 31 heavy (non-hydrogen) atoms. The highest BCUT2D eigenvalue weighted by Crippen LogP contribution is 2.50. The van der Waals surface area contributed by atoms with E-state index < -0.39 is 0 Å². The summed E-state index contributed by atoms with van der Waals surface area (Å²) in [6, 6.07) is 14.6. The van der Waals surface area contributed by atoms with Crippen molar-refractivity contribution in [3.05, 3.63) is 71.3 Å². The first kappa shape index (κ1) is 20.1. The van der Waals surface area contributed by atoms with E-state index in [2.05, 4.69) is 41.0 Å². The largest absolute Gasteiger partial charge is 0.494 e. The Morgan fingerprint density at radius 1 is 1.23 bits per heavy atom. The fourth-order valence-corrected chi connectivity index (χ4v) is 5.19. The molecule has 1 aliphatic carbocycles. The molecule has 2 aromatic carbocycles. The highest BCUT2D eigenvalue weighted by molar-refractivity contribution is 6.00. The first-order valence-electron chi connectivity index (χ1n) is 11.4. The number of para-hydroxylation sites is 1. The van der Waals surface area contributed by atoms with Gasteiger partial charge in [-0.3, -0.25) is 4.79 Å². The Bertz CT molecular complexity index is 963. The van der Waals surface area contributed by atoms with Crippen molar-refractivity contribution in [1.82, 2.24) is 5.32 Å². The van der Waals surface area contributed by atoms with Crippen molar-refractivity contribution in [2.24, 2.45) is 5.92 Å². The Balaban J connectivity index is 1.42. The normalized spacial score (nSPS) is 26.1. The standard InChI is InChI=1S/C26H30N2O3/c1-2-30-18-13-11-17(12-14-18)24-21-8-3-7-20(21)22-9-4-10-23(25(22)28-24)26(29)27-16-19-6-5-15-31-19/h3-4,7,9-14,19-21,24,28H,2,5-6,8,15-16H2,1H3,(H,27,29). The highest BCUT2D eigenvalue weighted by Gasteiger charge is 2.39. The number of ether oxygens (including phenoxy) is 2. The summed E-state index contributed by atoms with van der Waals surface area (Å²) in [5.74, 6) is 1.61. The average Bonchev–Trinajstić information content (AvgIpc) is 3.50. The molecule has 0 saturated carbocycles. The van der Waals surface area contributed by atoms with Crippen molar-refractivity contribution < 1.29 is 14.3 Å². The molecular weight excluding hydrogens is 388 g/mol. The fourth-order valence-electron chi connectivity index (χ4n) is 5.19. The Kier molecular flexibility index (Phi) is 5.68. The van der Waals surface area contributed by atoms with Crippen LogP contribution in [-0.2, 0) is 4.74 Å². The summed E-state index contributed by atoms with van der Waals surface area (Å²) in [6.07, 6.45) is 7.83. The second-order valence-electron chi connectivity index (χ2n) is 8.59. The van der Waals surface area contributed by atoms with E-state index in [1.807, 2.05) is 31.2 Å². The minimum atomic E-state index is -0.0364. The second kappa shape index (κ2) is 8.75. The number of fused-ring (bicyclic) bond motifs is 3. The number of carbonyl (C=O) groups is 1. The third kappa shape index (κ3) is 3.94. The Hall–Kier alpha value is -2.79. The Labute approximate surface area is 183 Å². The van der Waals surface area contributed by atoms with Crippen LogP contribution < -0.4 is 15.4 Å². The number of nitrogens with one attached hydrogen (secondary N) is 2. The quantitative estimate of drug-likeness (QED) is 0.661. The molecule has 4 unspecified atom stereocenters. The van der Waals surface area contributed by atoms with Crippen LogP contribution in [0.2, 0.25) is 0 Å². The lowest BCUT2D eigenvalue weighted by Crippen LogP contribution is -2.34. The molecule has 1 fully saturated rings. The number of anilines is 1. The molecule has 0 aromatic heterocycles. The van der Waals surface area contributed by atoms with Crippen molar-refractivity contribution in [2.75, 3.05) is 25.1 Å². The molecule has 1 saturated heterocycles. The van der Waals surface area contributed by atoms with Gasteiger partial charge in [-0.2, -0.15) is 0 Å². The van der Waals surface area contributed by atoms with Crippen LogP contribution >= 0.6 is 0 Å². The molecule has 5 heteroatoms. The maximum Gasteiger partial charge on any atom is 0.253 e. The summed E-state index contributed by atoms with van der Waals surface area (Å²) >= 11 is 0. The van der Waals surface area contributed by atoms with Gasteiger partial charge in [-0.15, -0.1) is 0 Å². The first-order chi connectivity index (χ1) is 15.2. The van der Waals surface area contributed by atoms with Gasteiger partial charge in [0, 0.05) is 19.1 Å². The molecule has 0 bridgehead atoms. The van der Waals surface area contributed by atoms with Gasteiger partial charge >= 0.3 is 0 Å². The zero-order chi connectivity index (χ0) is 21.2. The van der Waals surface area contributed by atoms with Gasteiger partial charge in [0.05, 0.1) is 30.0 Å². The van der Waals surface area contributed by atoms with Crippen LogP contribution in [0.5, 0.6) is 5.75 Å². The van der Waals surface area contributed by atoms with E-state index >= 15 is 0 Å². The molecule has 5 nitrogen and oxygen atoms in total. The number of hydrogen-bond acceptors (Lipinski definition) is 4. The molecule has 1 amide bonds. The summed E-state index contributed by atoms with van der Waals surface area (Å²) in [5, 5.41) is 6.83. The van der Waals surface area contributed by atoms with Gasteiger partial charge in [-0.25, -0.2) is 0 Å². The number of amides is 1. The van der Waals surface area contributed by atoms with Crippen LogP contribution in [0.15, 0.2) is 54.6 Å². The Morgan fingerprint density at radius 3 is 2.87 bits per heavy atom. The monoisotopic (exact) mass is 418 g/mol. The van der Waals surface area contributed by atoms with E-state index in [-0.39, 0.29) is 18.1 Å². The van der Waals surface area contributed by atoms with Crippen molar-refractivity contribution in [2.45, 2.75) is 44.2 Å². The van der Waals surface area contributed by atoms with Crippen LogP contribution in [0, 0.1) is 5.92 Å². The van der Waals surface area contributed by atoms with E-state index in [1.54, 1.807) is 0 Å². The molecule has 162 valence electrons. The van der Waals surface area contributed by atoms with Crippen molar-refractivity contribution in [1.29, 1.82) is 0 Å². The minimum Gasteiger partial charge on any atom is -0.494 e. The van der Waals surface area contributed by atoms with E-state index in [9.17, 15) is 4.79 Å². The van der Waals surface area contributed by atoms with Crippen LogP contribution in [0.4, 0.5) is 5.69 Å². The highest BCUT2D eigenvalue weighted by atomic mass is 16.5. The van der Waals surface area contributed by atoms with Crippen molar-refractivity contribution >= 4 is 11.6 Å². The molecule has 0 radical (unpaired) electrons. The van der Waals surface area contributed by atoms with Gasteiger partial charge < -0.3 is 20.1 Å². The average molecular weight is 419 g/mol. The number of carbonyl (C=O) groups excluding carboxylic acids is 1. The molecule has 2 aliphatic heterocycles. The van der Waals surface area contributed by atoms with Gasteiger partial charge in [0.25, 0.3) is 5.91 Å². The van der Waals surface area contributed by atoms with E-state index in [0.717, 1.165) is 37.3 Å². The van der Waals surface area contributed by atoms with E-state index in [1.165, 1.54) is 11.1 Å². The predicted molar refractivity (Wildman–Crippen MR) is 122 cm³/mol. The predicted octanol–water partition coefficient (Wildman–Crippen LogP) is 4.82. The molecule has 0 spiro atoms. The van der Waals surface area contributed by atoms with E-state index in [4.69, 9.17) is 9.47 Å². The van der Waals surface area contributed by atoms with Gasteiger partial charge in [0.1, 0.15) is 5.75 Å². The Morgan fingerprint density at radius 2 is 2.10 bits per heavy atom. The lowest BCUT2D eigenvalue weighted by atomic mass is 9.76. The van der Waals surface area contributed by atoms with Gasteiger partial charge in [0.2, 0.25) is 0 Å². The van der Waals surface area contributed by atoms with Crippen LogP contribution in [0.25, 0.3) is 0 Å². The fraction of sp³-hybridized carbons (Fsp3) is 0.423. The molecule has 3 aliphatic rings. The zero-order valence-electron chi connectivity index (χ0n) is 18.0. The third-order valence-electron chi connectivity index (χ3n) is 6.71. The van der Waals surface area contributed by atoms with Gasteiger partial charge in [0.15, 0.2) is 0 Å². The summed E-state index contributed by atoms with van der Waals surface area (Å²) in [4.78, 5) is 13.1. The van der Waals surface area contributed by atoms with Crippen LogP contribution in [0.1, 0.15) is 59.6 Å². The maximum atomic E-state index is 13.1. The van der Waals surface area contributed by atoms with Gasteiger partial charge in [-0.1, -0.05) is 36.4 Å². The van der Waals surface area contributed by atoms with Gasteiger partial charge in [-0.05, 0) is 61.4 Å². The summed E-state index contributed by atoms with van der Waals surface area (Å²) in [7, 11) is 0. The number of allylic oxidation sites excluding steroid dienone is 2. The van der Waals surface area contributed by atoms with Crippen LogP contribution in [0.3, 0.4) is 0 Å². The summed E-state index contributed by atoms with van der Waals surface area (Å²) in [6.45, 7) is 4.01. The van der Waals surface area contributed by atoms with Crippen molar-refractivity contribution in [3.63, 3.8) is 0 Å². The van der Waals surface area contributed by atoms with Crippen molar-refractivity contribution in [3.8, 4) is 5.75 Å². The number of rotatable bonds is 6. The maximum absolute atomic E-state index is 13.1. The molecule has 2 N–H and O–H groups in total. The molecule has 2 heterocycles. The van der Waals surface area contributed by atoms with E-state index in [0.29, 0.717) is 30.6 Å². The smallest absolute Gasteiger partial charge is 0.253 e. The number of benzene rings is 2. The SMILES string of the molecule is CCOc1ccc(C2Nc3c(C(=O)NCC4CCCO4)cccc3C3C=CCC32)cc1. The minimum absolute atomic E-state index is 0.0364. The summed E-state index contributed by atoms with van der Waals surface area (Å²) < 4.78 is 11.3. The number of hydrogen-bond donors (Lipinski definition) is 2. The summed E-state index contributed by atoms with van der Waals surface area (Å²) in [5.41, 5.74) is 4.11. The molecular formula is C26H30N2O3. The molecule has 2 aromatic rings. The topological polar surface area (TPSA) is 59.6 Å². The second-order valence-corrected chi connectivity index (χ2v) is 8.59. The third-order valence-corrected chi connectivity index (χ3v) is 6.71. The first-order valence-corrected chi connectivity index (χ1v) is 11.4. The zero-order valence-corrected chi connectivity index (χ0v) is 18.0. The molecule has 4 atom stereocenters. The lowest BCUT2D eigenvalue weighted by molar-refractivity contribution is 0.0858. The lowest BCUT2D eigenvalue weighted by Gasteiger charge is -2.38.